The van der Waals surface area contributed by atoms with Crippen LogP contribution in [0.15, 0.2) is 158 Å². The largest absolute Gasteiger partial charge is 0.383 e. The molecule has 5 heteroatoms. The SMILES string of the molecule is C/C=C\C(=C/N(C)C)c1cccc(-c2ccc3c(c2)c2cc(-c4cccc(-c5cccnc5)n4)ccc2n3-c2cccc3ccccc23)n1. The van der Waals surface area contributed by atoms with E-state index in [4.69, 9.17) is 9.97 Å². The lowest BCUT2D eigenvalue weighted by atomic mass is 10.0. The summed E-state index contributed by atoms with van der Waals surface area (Å²) in [5, 5.41) is 4.74. The average molecular weight is 634 g/mol. The third-order valence-corrected chi connectivity index (χ3v) is 8.86. The van der Waals surface area contributed by atoms with E-state index in [1.807, 2.05) is 45.4 Å². The summed E-state index contributed by atoms with van der Waals surface area (Å²) < 4.78 is 2.40. The van der Waals surface area contributed by atoms with Crippen molar-refractivity contribution in [1.29, 1.82) is 0 Å². The number of pyridine rings is 3. The Morgan fingerprint density at radius 1 is 0.612 bits per heavy atom. The fraction of sp³-hybridized carbons (Fsp3) is 0.0682. The molecule has 4 aromatic heterocycles. The molecule has 0 radical (unpaired) electrons. The van der Waals surface area contributed by atoms with Crippen molar-refractivity contribution in [3.8, 4) is 39.5 Å². The van der Waals surface area contributed by atoms with Crippen LogP contribution in [-0.4, -0.2) is 38.5 Å². The van der Waals surface area contributed by atoms with Gasteiger partial charge in [-0.15, -0.1) is 0 Å². The van der Waals surface area contributed by atoms with E-state index in [1.165, 1.54) is 10.8 Å². The summed E-state index contributed by atoms with van der Waals surface area (Å²) in [4.78, 5) is 16.6. The van der Waals surface area contributed by atoms with E-state index in [9.17, 15) is 0 Å². The highest BCUT2D eigenvalue weighted by atomic mass is 15.0. The lowest BCUT2D eigenvalue weighted by molar-refractivity contribution is 0.566. The number of hydrogen-bond acceptors (Lipinski definition) is 4. The summed E-state index contributed by atoms with van der Waals surface area (Å²) in [7, 11) is 4.07. The normalized spacial score (nSPS) is 12.0. The van der Waals surface area contributed by atoms with Crippen LogP contribution in [0.4, 0.5) is 0 Å². The van der Waals surface area contributed by atoms with Gasteiger partial charge in [0.05, 0.1) is 39.5 Å². The molecule has 0 atom stereocenters. The van der Waals surface area contributed by atoms with Gasteiger partial charge < -0.3 is 9.47 Å². The van der Waals surface area contributed by atoms with Crippen LogP contribution < -0.4 is 0 Å². The number of benzene rings is 4. The number of hydrogen-bond donors (Lipinski definition) is 0. The second-order valence-corrected chi connectivity index (χ2v) is 12.4. The molecule has 0 bridgehead atoms. The number of rotatable bonds is 7. The molecule has 0 spiro atoms. The maximum atomic E-state index is 5.14. The summed E-state index contributed by atoms with van der Waals surface area (Å²) in [5.41, 5.74) is 11.3. The van der Waals surface area contributed by atoms with Crippen LogP contribution >= 0.6 is 0 Å². The van der Waals surface area contributed by atoms with Gasteiger partial charge in [0.2, 0.25) is 0 Å². The van der Waals surface area contributed by atoms with Crippen molar-refractivity contribution in [1.82, 2.24) is 24.4 Å². The number of allylic oxidation sites excluding steroid dienone is 3. The molecule has 5 nitrogen and oxygen atoms in total. The van der Waals surface area contributed by atoms with Gasteiger partial charge >= 0.3 is 0 Å². The molecule has 0 unspecified atom stereocenters. The molecule has 4 aromatic carbocycles. The predicted molar refractivity (Wildman–Crippen MR) is 204 cm³/mol. The van der Waals surface area contributed by atoms with Crippen molar-refractivity contribution in [2.45, 2.75) is 6.92 Å². The minimum atomic E-state index is 0.901. The zero-order chi connectivity index (χ0) is 33.3. The van der Waals surface area contributed by atoms with Crippen molar-refractivity contribution in [2.24, 2.45) is 0 Å². The van der Waals surface area contributed by atoms with Gasteiger partial charge in [-0.2, -0.15) is 0 Å². The Balaban J connectivity index is 1.35. The van der Waals surface area contributed by atoms with E-state index >= 15 is 0 Å². The molecular formula is C44H35N5. The van der Waals surface area contributed by atoms with Crippen LogP contribution in [0.25, 0.3) is 77.6 Å². The van der Waals surface area contributed by atoms with Gasteiger partial charge in [0.1, 0.15) is 0 Å². The summed E-state index contributed by atoms with van der Waals surface area (Å²) in [6.07, 6.45) is 9.90. The highest BCUT2D eigenvalue weighted by Gasteiger charge is 2.17. The van der Waals surface area contributed by atoms with E-state index in [2.05, 4.69) is 142 Å². The van der Waals surface area contributed by atoms with Gasteiger partial charge in [-0.05, 0) is 79.0 Å². The van der Waals surface area contributed by atoms with Crippen molar-refractivity contribution in [2.75, 3.05) is 14.1 Å². The molecule has 0 N–H and O–H groups in total. The van der Waals surface area contributed by atoms with Crippen LogP contribution in [-0.2, 0) is 0 Å². The maximum absolute atomic E-state index is 5.14. The first-order valence-electron chi connectivity index (χ1n) is 16.5. The summed E-state index contributed by atoms with van der Waals surface area (Å²) in [6.45, 7) is 2.03. The van der Waals surface area contributed by atoms with Gasteiger partial charge in [-0.1, -0.05) is 72.8 Å². The highest BCUT2D eigenvalue weighted by Crippen LogP contribution is 2.38. The third-order valence-electron chi connectivity index (χ3n) is 8.86. The van der Waals surface area contributed by atoms with Crippen LogP contribution in [0.5, 0.6) is 0 Å². The fourth-order valence-corrected chi connectivity index (χ4v) is 6.68. The molecule has 236 valence electrons. The standard InChI is InChI=1S/C44H35N5/c1-4-11-34(29-48(2)3)41-19-9-17-39(47-41)32-22-24-44-37(27-32)36-26-31(38-16-8-18-40(46-38)33-14-10-25-45-28-33)21-23-43(36)49(44)42-20-7-13-30-12-5-6-15-35(30)42/h4-29H,1-3H3/b11-4-,34-29+. The highest BCUT2D eigenvalue weighted by molar-refractivity contribution is 6.12. The van der Waals surface area contributed by atoms with Crippen LogP contribution in [0.1, 0.15) is 12.6 Å². The lowest BCUT2D eigenvalue weighted by Gasteiger charge is -2.12. The second-order valence-electron chi connectivity index (χ2n) is 12.4. The molecule has 0 aliphatic rings. The van der Waals surface area contributed by atoms with Crippen LogP contribution in [0.3, 0.4) is 0 Å². The Bertz CT molecular complexity index is 2530. The fourth-order valence-electron chi connectivity index (χ4n) is 6.68. The van der Waals surface area contributed by atoms with E-state index in [0.717, 1.165) is 72.5 Å². The molecule has 0 aliphatic heterocycles. The third kappa shape index (κ3) is 5.66. The monoisotopic (exact) mass is 633 g/mol. The number of fused-ring (bicyclic) bond motifs is 4. The lowest BCUT2D eigenvalue weighted by Crippen LogP contribution is -2.03. The van der Waals surface area contributed by atoms with Gasteiger partial charge in [0.25, 0.3) is 0 Å². The predicted octanol–water partition coefficient (Wildman–Crippen LogP) is 10.6. The van der Waals surface area contributed by atoms with Crippen molar-refractivity contribution >= 4 is 38.2 Å². The Labute approximate surface area is 286 Å². The molecule has 0 amide bonds. The van der Waals surface area contributed by atoms with Gasteiger partial charge in [-0.25, -0.2) is 9.97 Å². The van der Waals surface area contributed by atoms with Crippen molar-refractivity contribution in [3.05, 3.63) is 164 Å². The zero-order valence-electron chi connectivity index (χ0n) is 27.7. The quantitative estimate of drug-likeness (QED) is 0.164. The van der Waals surface area contributed by atoms with Crippen LogP contribution in [0, 0.1) is 0 Å². The molecule has 8 aromatic rings. The first kappa shape index (κ1) is 30.0. The molecule has 0 fully saturated rings. The van der Waals surface area contributed by atoms with Crippen molar-refractivity contribution < 1.29 is 0 Å². The topological polar surface area (TPSA) is 46.8 Å². The first-order valence-corrected chi connectivity index (χ1v) is 16.5. The molecule has 0 saturated heterocycles. The van der Waals surface area contributed by atoms with Crippen molar-refractivity contribution in [3.63, 3.8) is 0 Å². The zero-order valence-corrected chi connectivity index (χ0v) is 27.7. The minimum absolute atomic E-state index is 0.901. The molecule has 49 heavy (non-hydrogen) atoms. The second kappa shape index (κ2) is 12.7. The van der Waals surface area contributed by atoms with Gasteiger partial charge in [0, 0.05) is 71.1 Å². The van der Waals surface area contributed by atoms with Crippen LogP contribution in [0.2, 0.25) is 0 Å². The molecule has 8 rings (SSSR count). The van der Waals surface area contributed by atoms with Gasteiger partial charge in [0.15, 0.2) is 0 Å². The summed E-state index contributed by atoms with van der Waals surface area (Å²) in [6, 6.07) is 45.0. The smallest absolute Gasteiger partial charge is 0.0725 e. The Morgan fingerprint density at radius 3 is 1.96 bits per heavy atom. The minimum Gasteiger partial charge on any atom is -0.383 e. The Kier molecular flexibility index (Phi) is 7.78. The summed E-state index contributed by atoms with van der Waals surface area (Å²) in [5.74, 6) is 0. The summed E-state index contributed by atoms with van der Waals surface area (Å²) >= 11 is 0. The molecular weight excluding hydrogens is 599 g/mol. The van der Waals surface area contributed by atoms with E-state index in [0.29, 0.717) is 0 Å². The average Bonchev–Trinajstić information content (AvgIpc) is 3.47. The Morgan fingerprint density at radius 2 is 1.27 bits per heavy atom. The maximum Gasteiger partial charge on any atom is 0.0725 e. The molecule has 0 aliphatic carbocycles. The molecule has 0 saturated carbocycles. The number of nitrogens with zero attached hydrogens (tertiary/aromatic N) is 5. The van der Waals surface area contributed by atoms with E-state index in [1.54, 1.807) is 6.20 Å². The Hall–Kier alpha value is -6.33. The first-order chi connectivity index (χ1) is 24.1. The molecule has 4 heterocycles. The van der Waals surface area contributed by atoms with E-state index in [-0.39, 0.29) is 0 Å². The number of aromatic nitrogens is 4. The van der Waals surface area contributed by atoms with Gasteiger partial charge in [-0.3, -0.25) is 4.98 Å². The van der Waals surface area contributed by atoms with E-state index < -0.39 is 0 Å².